The number of thiophene rings is 1. The Morgan fingerprint density at radius 2 is 1.07 bits per heavy atom. The average Bonchev–Trinajstić information content (AvgIpc) is 3.78. The molecule has 0 bridgehead atoms. The van der Waals surface area contributed by atoms with Crippen LogP contribution in [0.1, 0.15) is 0 Å². The minimum Gasteiger partial charge on any atom is -0.460 e. The molecule has 0 saturated carbocycles. The summed E-state index contributed by atoms with van der Waals surface area (Å²) in [5.41, 5.74) is 7.39. The predicted molar refractivity (Wildman–Crippen MR) is 182 cm³/mol. The van der Waals surface area contributed by atoms with Crippen LogP contribution in [0.15, 0.2) is 142 Å². The van der Waals surface area contributed by atoms with Gasteiger partial charge in [-0.25, -0.2) is 0 Å². The lowest BCUT2D eigenvalue weighted by Gasteiger charge is -2.18. The maximum absolute atomic E-state index is 6.49. The van der Waals surface area contributed by atoms with E-state index in [-0.39, 0.29) is 0 Å². The number of rotatable bonds is 2. The van der Waals surface area contributed by atoms with Gasteiger partial charge in [0.15, 0.2) is 11.2 Å². The number of para-hydroxylation sites is 1. The Morgan fingerprint density at radius 1 is 0.465 bits per heavy atom. The standard InChI is InChI=1S/C40H22O2S/c1-3-13-27-25(11-1)35(31-17-9-16-29-24-10-6-8-19-34(24)43-40(29)31)26-12-2-4-14-28(26)36(27)32-22-23-20-21-41-38(23)39-37(32)30-15-5-7-18-33(30)42-39/h1-22H. The summed E-state index contributed by atoms with van der Waals surface area (Å²) >= 11 is 1.88. The second-order valence-electron chi connectivity index (χ2n) is 11.2. The molecule has 3 heteroatoms. The van der Waals surface area contributed by atoms with Crippen LogP contribution in [-0.4, -0.2) is 0 Å². The monoisotopic (exact) mass is 566 g/mol. The van der Waals surface area contributed by atoms with E-state index < -0.39 is 0 Å². The molecule has 200 valence electrons. The highest BCUT2D eigenvalue weighted by molar-refractivity contribution is 7.26. The molecule has 7 aromatic carbocycles. The Hall–Kier alpha value is -5.38. The van der Waals surface area contributed by atoms with E-state index in [2.05, 4.69) is 109 Å². The molecule has 0 fully saturated rings. The molecule has 3 aromatic heterocycles. The third kappa shape index (κ3) is 3.12. The summed E-state index contributed by atoms with van der Waals surface area (Å²) in [6, 6.07) is 45.9. The van der Waals surface area contributed by atoms with Gasteiger partial charge in [0, 0.05) is 41.9 Å². The van der Waals surface area contributed by atoms with Gasteiger partial charge < -0.3 is 8.83 Å². The zero-order chi connectivity index (χ0) is 28.1. The molecule has 3 heterocycles. The quantitative estimate of drug-likeness (QED) is 0.195. The van der Waals surface area contributed by atoms with Gasteiger partial charge in [0.2, 0.25) is 0 Å². The van der Waals surface area contributed by atoms with E-state index in [0.717, 1.165) is 38.5 Å². The average molecular weight is 567 g/mol. The first-order valence-corrected chi connectivity index (χ1v) is 15.3. The van der Waals surface area contributed by atoms with Gasteiger partial charge in [-0.2, -0.15) is 0 Å². The molecule has 0 N–H and O–H groups in total. The lowest BCUT2D eigenvalue weighted by atomic mass is 9.84. The van der Waals surface area contributed by atoms with Crippen molar-refractivity contribution < 1.29 is 8.83 Å². The summed E-state index contributed by atoms with van der Waals surface area (Å²) in [5, 5.41) is 10.8. The number of furan rings is 2. The van der Waals surface area contributed by atoms with Crippen molar-refractivity contribution >= 4 is 86.0 Å². The smallest absolute Gasteiger partial charge is 0.179 e. The van der Waals surface area contributed by atoms with Crippen LogP contribution < -0.4 is 0 Å². The molecule has 0 atom stereocenters. The van der Waals surface area contributed by atoms with Crippen LogP contribution in [0.3, 0.4) is 0 Å². The van der Waals surface area contributed by atoms with E-state index in [4.69, 9.17) is 8.83 Å². The molecule has 2 nitrogen and oxygen atoms in total. The van der Waals surface area contributed by atoms with Gasteiger partial charge in [-0.3, -0.25) is 0 Å². The van der Waals surface area contributed by atoms with Gasteiger partial charge in [0.25, 0.3) is 0 Å². The van der Waals surface area contributed by atoms with E-state index >= 15 is 0 Å². The molecule has 0 aliphatic heterocycles. The van der Waals surface area contributed by atoms with Crippen molar-refractivity contribution in [3.05, 3.63) is 134 Å². The number of benzene rings is 7. The van der Waals surface area contributed by atoms with Crippen LogP contribution in [0.25, 0.3) is 96.9 Å². The number of hydrogen-bond acceptors (Lipinski definition) is 3. The third-order valence-corrected chi connectivity index (χ3v) is 10.2. The molecule has 0 amide bonds. The summed E-state index contributed by atoms with van der Waals surface area (Å²) in [7, 11) is 0. The molecule has 0 saturated heterocycles. The Labute approximate surface area is 250 Å². The molecule has 0 aliphatic carbocycles. The van der Waals surface area contributed by atoms with E-state index in [9.17, 15) is 0 Å². The van der Waals surface area contributed by atoms with Crippen LogP contribution in [-0.2, 0) is 0 Å². The number of fused-ring (bicyclic) bond motifs is 10. The molecule has 43 heavy (non-hydrogen) atoms. The van der Waals surface area contributed by atoms with Crippen LogP contribution >= 0.6 is 11.3 Å². The fourth-order valence-corrected chi connectivity index (χ4v) is 8.39. The zero-order valence-electron chi connectivity index (χ0n) is 22.9. The van der Waals surface area contributed by atoms with Gasteiger partial charge in [0.1, 0.15) is 5.58 Å². The lowest BCUT2D eigenvalue weighted by Crippen LogP contribution is -1.91. The molecule has 0 radical (unpaired) electrons. The zero-order valence-corrected chi connectivity index (χ0v) is 23.7. The van der Waals surface area contributed by atoms with Crippen molar-refractivity contribution in [2.75, 3.05) is 0 Å². The van der Waals surface area contributed by atoms with Gasteiger partial charge in [-0.1, -0.05) is 103 Å². The summed E-state index contributed by atoms with van der Waals surface area (Å²) < 4.78 is 15.1. The molecule has 0 aliphatic rings. The molecule has 10 aromatic rings. The third-order valence-electron chi connectivity index (χ3n) is 8.94. The van der Waals surface area contributed by atoms with Crippen molar-refractivity contribution in [3.8, 4) is 22.3 Å². The largest absolute Gasteiger partial charge is 0.460 e. The fraction of sp³-hybridized carbons (Fsp3) is 0. The normalized spacial score (nSPS) is 12.2. The molecule has 0 spiro atoms. The fourth-order valence-electron chi connectivity index (χ4n) is 7.17. The molecular weight excluding hydrogens is 545 g/mol. The van der Waals surface area contributed by atoms with Gasteiger partial charge in [0.05, 0.1) is 6.26 Å². The molecule has 0 unspecified atom stereocenters. The SMILES string of the molecule is c1ccc2c(c1)oc1c3occc3cc(-c3c4ccccc4c(-c4cccc5c4sc4ccccc45)c4ccccc34)c21. The Bertz CT molecular complexity index is 2680. The second kappa shape index (κ2) is 8.57. The van der Waals surface area contributed by atoms with E-state index in [0.29, 0.717) is 0 Å². The molecule has 10 rings (SSSR count). The topological polar surface area (TPSA) is 26.3 Å². The highest BCUT2D eigenvalue weighted by Crippen LogP contribution is 2.50. The first-order valence-electron chi connectivity index (χ1n) is 14.5. The van der Waals surface area contributed by atoms with E-state index in [1.807, 2.05) is 29.5 Å². The van der Waals surface area contributed by atoms with Gasteiger partial charge in [-0.15, -0.1) is 11.3 Å². The van der Waals surface area contributed by atoms with E-state index in [1.54, 1.807) is 6.26 Å². The second-order valence-corrected chi connectivity index (χ2v) is 12.2. The van der Waals surface area contributed by atoms with Gasteiger partial charge in [-0.05, 0) is 62.5 Å². The van der Waals surface area contributed by atoms with Crippen molar-refractivity contribution in [2.24, 2.45) is 0 Å². The lowest BCUT2D eigenvalue weighted by molar-refractivity contribution is 0.600. The maximum Gasteiger partial charge on any atom is 0.179 e. The van der Waals surface area contributed by atoms with E-state index in [1.165, 1.54) is 58.4 Å². The Kier molecular flexibility index (Phi) is 4.63. The Balaban J connectivity index is 1.41. The van der Waals surface area contributed by atoms with Crippen molar-refractivity contribution in [1.82, 2.24) is 0 Å². The van der Waals surface area contributed by atoms with Crippen LogP contribution in [0.2, 0.25) is 0 Å². The highest BCUT2D eigenvalue weighted by Gasteiger charge is 2.23. The van der Waals surface area contributed by atoms with Crippen molar-refractivity contribution in [2.45, 2.75) is 0 Å². The molecular formula is C40H22O2S. The predicted octanol–water partition coefficient (Wildman–Crippen LogP) is 12.3. The summed E-state index contributed by atoms with van der Waals surface area (Å²) in [4.78, 5) is 0. The van der Waals surface area contributed by atoms with Crippen molar-refractivity contribution in [1.29, 1.82) is 0 Å². The first-order chi connectivity index (χ1) is 21.3. The summed E-state index contributed by atoms with van der Waals surface area (Å²) in [6.45, 7) is 0. The van der Waals surface area contributed by atoms with Crippen LogP contribution in [0, 0.1) is 0 Å². The van der Waals surface area contributed by atoms with Gasteiger partial charge >= 0.3 is 0 Å². The minimum absolute atomic E-state index is 0.789. The summed E-state index contributed by atoms with van der Waals surface area (Å²) in [5.74, 6) is 0. The van der Waals surface area contributed by atoms with Crippen molar-refractivity contribution in [3.63, 3.8) is 0 Å². The highest BCUT2D eigenvalue weighted by atomic mass is 32.1. The maximum atomic E-state index is 6.49. The first kappa shape index (κ1) is 23.2. The minimum atomic E-state index is 0.789. The van der Waals surface area contributed by atoms with Crippen LogP contribution in [0.5, 0.6) is 0 Å². The van der Waals surface area contributed by atoms with Crippen LogP contribution in [0.4, 0.5) is 0 Å². The number of hydrogen-bond donors (Lipinski definition) is 0. The Morgan fingerprint density at radius 3 is 1.81 bits per heavy atom. The summed E-state index contributed by atoms with van der Waals surface area (Å²) in [6.07, 6.45) is 1.76.